The molecule has 74 valence electrons. The van der Waals surface area contributed by atoms with Gasteiger partial charge in [0.1, 0.15) is 0 Å². The Morgan fingerprint density at radius 3 is 2.54 bits per heavy atom. The summed E-state index contributed by atoms with van der Waals surface area (Å²) in [6.45, 7) is 0.245. The minimum Gasteiger partial charge on any atom is -0.214 e. The average Bonchev–Trinajstić information content (AvgIpc) is 2.56. The molecule has 0 amide bonds. The van der Waals surface area contributed by atoms with Gasteiger partial charge in [-0.1, -0.05) is 12.8 Å². The Morgan fingerprint density at radius 2 is 2.00 bits per heavy atom. The molecule has 1 saturated carbocycles. The molecule has 0 atom stereocenters. The van der Waals surface area contributed by atoms with Gasteiger partial charge in [-0.15, -0.1) is 0 Å². The SMILES string of the molecule is N#CCCNS(=O)(=O)C1CCCC1. The Kier molecular flexibility index (Phi) is 3.70. The molecule has 0 saturated heterocycles. The van der Waals surface area contributed by atoms with Crippen LogP contribution in [0.2, 0.25) is 0 Å². The van der Waals surface area contributed by atoms with E-state index in [2.05, 4.69) is 4.72 Å². The predicted molar refractivity (Wildman–Crippen MR) is 49.4 cm³/mol. The van der Waals surface area contributed by atoms with E-state index in [1.165, 1.54) is 0 Å². The Labute approximate surface area is 79.0 Å². The largest absolute Gasteiger partial charge is 0.214 e. The molecule has 0 bridgehead atoms. The van der Waals surface area contributed by atoms with Crippen LogP contribution in [0.5, 0.6) is 0 Å². The molecule has 0 aromatic rings. The molecule has 4 nitrogen and oxygen atoms in total. The van der Waals surface area contributed by atoms with Crippen LogP contribution >= 0.6 is 0 Å². The maximum Gasteiger partial charge on any atom is 0.214 e. The van der Waals surface area contributed by atoms with E-state index in [0.717, 1.165) is 25.7 Å². The standard InChI is InChI=1S/C8H14N2O2S/c9-6-3-7-10-13(11,12)8-4-1-2-5-8/h8,10H,1-5,7H2. The fraction of sp³-hybridized carbons (Fsp3) is 0.875. The van der Waals surface area contributed by atoms with Gasteiger partial charge in [0.25, 0.3) is 0 Å². The van der Waals surface area contributed by atoms with Crippen molar-refractivity contribution in [3.8, 4) is 6.07 Å². The summed E-state index contributed by atoms with van der Waals surface area (Å²) in [5, 5.41) is 8.03. The highest BCUT2D eigenvalue weighted by atomic mass is 32.2. The van der Waals surface area contributed by atoms with Crippen molar-refractivity contribution in [2.75, 3.05) is 6.54 Å². The van der Waals surface area contributed by atoms with Gasteiger partial charge < -0.3 is 0 Å². The normalized spacial score (nSPS) is 18.7. The van der Waals surface area contributed by atoms with Gasteiger partial charge in [-0.05, 0) is 12.8 Å². The molecule has 0 heterocycles. The molecule has 1 fully saturated rings. The van der Waals surface area contributed by atoms with Gasteiger partial charge in [0.2, 0.25) is 10.0 Å². The second-order valence-electron chi connectivity index (χ2n) is 3.25. The number of sulfonamides is 1. The van der Waals surface area contributed by atoms with Gasteiger partial charge in [0, 0.05) is 13.0 Å². The van der Waals surface area contributed by atoms with Crippen molar-refractivity contribution < 1.29 is 8.42 Å². The van der Waals surface area contributed by atoms with Gasteiger partial charge >= 0.3 is 0 Å². The van der Waals surface area contributed by atoms with Crippen LogP contribution in [-0.4, -0.2) is 20.2 Å². The van der Waals surface area contributed by atoms with Gasteiger partial charge in [-0.25, -0.2) is 13.1 Å². The van der Waals surface area contributed by atoms with Gasteiger partial charge in [0.05, 0.1) is 11.3 Å². The summed E-state index contributed by atoms with van der Waals surface area (Å²) in [4.78, 5) is 0. The topological polar surface area (TPSA) is 70.0 Å². The number of rotatable bonds is 4. The van der Waals surface area contributed by atoms with Crippen LogP contribution in [0.4, 0.5) is 0 Å². The number of hydrogen-bond donors (Lipinski definition) is 1. The number of hydrogen-bond acceptors (Lipinski definition) is 3. The van der Waals surface area contributed by atoms with Crippen LogP contribution in [0, 0.1) is 11.3 Å². The van der Waals surface area contributed by atoms with E-state index in [4.69, 9.17) is 5.26 Å². The van der Waals surface area contributed by atoms with Crippen molar-refractivity contribution in [3.05, 3.63) is 0 Å². The van der Waals surface area contributed by atoms with Gasteiger partial charge in [-0.2, -0.15) is 5.26 Å². The summed E-state index contributed by atoms with van der Waals surface area (Å²) >= 11 is 0. The molecule has 1 N–H and O–H groups in total. The lowest BCUT2D eigenvalue weighted by atomic mass is 10.4. The highest BCUT2D eigenvalue weighted by Crippen LogP contribution is 2.23. The van der Waals surface area contributed by atoms with Gasteiger partial charge in [-0.3, -0.25) is 0 Å². The zero-order chi connectivity index (χ0) is 9.73. The molecule has 0 aromatic carbocycles. The quantitative estimate of drug-likeness (QED) is 0.684. The molecular formula is C8H14N2O2S. The molecule has 13 heavy (non-hydrogen) atoms. The highest BCUT2D eigenvalue weighted by Gasteiger charge is 2.27. The predicted octanol–water partition coefficient (Wildman–Crippen LogP) is 0.762. The summed E-state index contributed by atoms with van der Waals surface area (Å²) in [7, 11) is -3.13. The van der Waals surface area contributed by atoms with E-state index in [-0.39, 0.29) is 18.2 Å². The maximum atomic E-state index is 11.5. The second kappa shape index (κ2) is 4.58. The molecule has 0 unspecified atom stereocenters. The van der Waals surface area contributed by atoms with Gasteiger partial charge in [0.15, 0.2) is 0 Å². The zero-order valence-electron chi connectivity index (χ0n) is 7.49. The highest BCUT2D eigenvalue weighted by molar-refractivity contribution is 7.90. The second-order valence-corrected chi connectivity index (χ2v) is 5.30. The molecular weight excluding hydrogens is 188 g/mol. The van der Waals surface area contributed by atoms with Crippen molar-refractivity contribution >= 4 is 10.0 Å². The Hall–Kier alpha value is -0.600. The summed E-state index contributed by atoms with van der Waals surface area (Å²) in [6, 6.07) is 1.90. The van der Waals surface area contributed by atoms with Crippen molar-refractivity contribution in [1.29, 1.82) is 5.26 Å². The lowest BCUT2D eigenvalue weighted by Crippen LogP contribution is -2.33. The molecule has 1 aliphatic rings. The van der Waals surface area contributed by atoms with Crippen LogP contribution in [0.3, 0.4) is 0 Å². The first-order valence-electron chi connectivity index (χ1n) is 4.52. The lowest BCUT2D eigenvalue weighted by Gasteiger charge is -2.10. The summed E-state index contributed by atoms with van der Waals surface area (Å²) in [6.07, 6.45) is 3.78. The van der Waals surface area contributed by atoms with E-state index >= 15 is 0 Å². The Morgan fingerprint density at radius 1 is 1.38 bits per heavy atom. The van der Waals surface area contributed by atoms with E-state index in [0.29, 0.717) is 0 Å². The first-order valence-corrected chi connectivity index (χ1v) is 6.07. The van der Waals surface area contributed by atoms with E-state index in [1.807, 2.05) is 6.07 Å². The van der Waals surface area contributed by atoms with Crippen LogP contribution in [0.15, 0.2) is 0 Å². The zero-order valence-corrected chi connectivity index (χ0v) is 8.31. The minimum absolute atomic E-state index is 0.216. The van der Waals surface area contributed by atoms with E-state index in [1.54, 1.807) is 0 Å². The molecule has 5 heteroatoms. The third-order valence-corrected chi connectivity index (χ3v) is 4.24. The Bertz CT molecular complexity index is 286. The molecule has 1 rings (SSSR count). The molecule has 0 aromatic heterocycles. The van der Waals surface area contributed by atoms with Crippen LogP contribution in [0.1, 0.15) is 32.1 Å². The number of nitriles is 1. The monoisotopic (exact) mass is 202 g/mol. The number of nitrogens with zero attached hydrogens (tertiary/aromatic N) is 1. The third-order valence-electron chi connectivity index (χ3n) is 2.28. The van der Waals surface area contributed by atoms with E-state index in [9.17, 15) is 8.42 Å². The van der Waals surface area contributed by atoms with Crippen LogP contribution in [0.25, 0.3) is 0 Å². The maximum absolute atomic E-state index is 11.5. The van der Waals surface area contributed by atoms with E-state index < -0.39 is 10.0 Å². The van der Waals surface area contributed by atoms with Crippen molar-refractivity contribution in [2.24, 2.45) is 0 Å². The first-order chi connectivity index (χ1) is 6.17. The van der Waals surface area contributed by atoms with Crippen molar-refractivity contribution in [3.63, 3.8) is 0 Å². The fourth-order valence-electron chi connectivity index (χ4n) is 1.57. The minimum atomic E-state index is -3.13. The van der Waals surface area contributed by atoms with Crippen LogP contribution < -0.4 is 4.72 Å². The first kappa shape index (κ1) is 10.5. The number of nitrogens with one attached hydrogen (secondary N) is 1. The summed E-state index contributed by atoms with van der Waals surface area (Å²) in [5.41, 5.74) is 0. The Balaban J connectivity index is 2.41. The summed E-state index contributed by atoms with van der Waals surface area (Å²) < 4.78 is 25.4. The molecule has 0 aliphatic heterocycles. The fourth-order valence-corrected chi connectivity index (χ4v) is 3.14. The third kappa shape index (κ3) is 2.98. The van der Waals surface area contributed by atoms with Crippen molar-refractivity contribution in [2.45, 2.75) is 37.4 Å². The molecule has 1 aliphatic carbocycles. The lowest BCUT2D eigenvalue weighted by molar-refractivity contribution is 0.565. The molecule has 0 radical (unpaired) electrons. The van der Waals surface area contributed by atoms with Crippen molar-refractivity contribution in [1.82, 2.24) is 4.72 Å². The molecule has 0 spiro atoms. The summed E-state index contributed by atoms with van der Waals surface area (Å²) in [5.74, 6) is 0. The average molecular weight is 202 g/mol. The smallest absolute Gasteiger partial charge is 0.214 e. The van der Waals surface area contributed by atoms with Crippen LogP contribution in [-0.2, 0) is 10.0 Å².